The summed E-state index contributed by atoms with van der Waals surface area (Å²) >= 11 is 0. The molecule has 31 heavy (non-hydrogen) atoms. The van der Waals surface area contributed by atoms with Gasteiger partial charge in [0.25, 0.3) is 0 Å². The van der Waals surface area contributed by atoms with Gasteiger partial charge < -0.3 is 4.90 Å². The van der Waals surface area contributed by atoms with Gasteiger partial charge in [-0.15, -0.1) is 0 Å². The van der Waals surface area contributed by atoms with Crippen LogP contribution < -0.4 is 4.90 Å². The number of halogens is 6. The van der Waals surface area contributed by atoms with E-state index in [0.29, 0.717) is 5.69 Å². The molecule has 0 aliphatic carbocycles. The van der Waals surface area contributed by atoms with E-state index in [1.807, 2.05) is 18.2 Å². The summed E-state index contributed by atoms with van der Waals surface area (Å²) in [6, 6.07) is 12.4. The third kappa shape index (κ3) is 4.15. The van der Waals surface area contributed by atoms with Crippen LogP contribution in [0.15, 0.2) is 72.9 Å². The summed E-state index contributed by atoms with van der Waals surface area (Å²) in [5.74, 6) is 0. The topological polar surface area (TPSA) is 16.1 Å². The molecule has 0 saturated heterocycles. The van der Waals surface area contributed by atoms with Crippen LogP contribution in [0, 0.1) is 0 Å². The van der Waals surface area contributed by atoms with Crippen molar-refractivity contribution in [1.82, 2.24) is 4.98 Å². The van der Waals surface area contributed by atoms with Crippen molar-refractivity contribution in [3.05, 3.63) is 101 Å². The van der Waals surface area contributed by atoms with Crippen LogP contribution in [-0.2, 0) is 12.4 Å². The maximum absolute atomic E-state index is 13.8. The van der Waals surface area contributed by atoms with Crippen LogP contribution in [0.4, 0.5) is 32.0 Å². The van der Waals surface area contributed by atoms with Crippen LogP contribution in [0.5, 0.6) is 0 Å². The zero-order valence-corrected chi connectivity index (χ0v) is 16.0. The van der Waals surface area contributed by atoms with E-state index in [1.54, 1.807) is 23.1 Å². The summed E-state index contributed by atoms with van der Waals surface area (Å²) in [6.07, 6.45) is -4.29. The number of aromatic nitrogens is 1. The van der Waals surface area contributed by atoms with E-state index < -0.39 is 29.5 Å². The molecule has 0 bridgehead atoms. The maximum atomic E-state index is 13.8. The summed E-state index contributed by atoms with van der Waals surface area (Å²) in [6.45, 7) is 0.274. The van der Waals surface area contributed by atoms with E-state index in [0.717, 1.165) is 23.8 Å². The molecule has 0 unspecified atom stereocenters. The Morgan fingerprint density at radius 3 is 2.19 bits per heavy atom. The molecular weight excluding hydrogens is 418 g/mol. The second-order valence-electron chi connectivity index (χ2n) is 7.07. The van der Waals surface area contributed by atoms with Crippen LogP contribution in [0.3, 0.4) is 0 Å². The van der Waals surface area contributed by atoms with Crippen molar-refractivity contribution < 1.29 is 26.3 Å². The third-order valence-corrected chi connectivity index (χ3v) is 5.11. The minimum Gasteiger partial charge on any atom is -0.355 e. The Morgan fingerprint density at radius 1 is 0.806 bits per heavy atom. The number of fused-ring (bicyclic) bond motifs is 1. The molecule has 4 rings (SSSR count). The van der Waals surface area contributed by atoms with Gasteiger partial charge in [0, 0.05) is 18.4 Å². The molecule has 1 aromatic heterocycles. The van der Waals surface area contributed by atoms with E-state index in [9.17, 15) is 26.3 Å². The Bertz CT molecular complexity index is 1100. The van der Waals surface area contributed by atoms with Crippen molar-refractivity contribution >= 4 is 11.8 Å². The zero-order chi connectivity index (χ0) is 22.2. The van der Waals surface area contributed by atoms with Crippen molar-refractivity contribution in [1.29, 1.82) is 0 Å². The van der Waals surface area contributed by atoms with Crippen LogP contribution >= 0.6 is 0 Å². The molecule has 0 saturated carbocycles. The van der Waals surface area contributed by atoms with Crippen molar-refractivity contribution in [2.75, 3.05) is 11.4 Å². The molecular formula is C23H16F6N2. The Morgan fingerprint density at radius 2 is 1.52 bits per heavy atom. The van der Waals surface area contributed by atoms with Gasteiger partial charge in [0.15, 0.2) is 0 Å². The number of rotatable bonds is 3. The minimum atomic E-state index is -4.67. The fourth-order valence-corrected chi connectivity index (χ4v) is 3.74. The predicted molar refractivity (Wildman–Crippen MR) is 105 cm³/mol. The van der Waals surface area contributed by atoms with Gasteiger partial charge in [0.1, 0.15) is 0 Å². The number of alkyl halides is 6. The Labute approximate surface area is 174 Å². The van der Waals surface area contributed by atoms with Gasteiger partial charge in [0.2, 0.25) is 0 Å². The van der Waals surface area contributed by atoms with E-state index in [-0.39, 0.29) is 17.8 Å². The first kappa shape index (κ1) is 21.0. The van der Waals surface area contributed by atoms with Gasteiger partial charge >= 0.3 is 12.4 Å². The standard InChI is InChI=1S/C23H16F6N2/c24-22(25,26)17-11-9-16(10-12-17)21(20-18(23(27,28)29)7-3-13-30-20)31-14-4-6-15-5-1-2-8-19(15)31/h1-13,21H,14H2/t21-/m0/s1. The molecule has 2 heterocycles. The van der Waals surface area contributed by atoms with Crippen LogP contribution in [0.2, 0.25) is 0 Å². The first-order valence-corrected chi connectivity index (χ1v) is 9.38. The van der Waals surface area contributed by atoms with E-state index in [2.05, 4.69) is 4.98 Å². The van der Waals surface area contributed by atoms with E-state index >= 15 is 0 Å². The lowest BCUT2D eigenvalue weighted by molar-refractivity contribution is -0.139. The fourth-order valence-electron chi connectivity index (χ4n) is 3.74. The normalized spacial score (nSPS) is 15.0. The minimum absolute atomic E-state index is 0.264. The van der Waals surface area contributed by atoms with Crippen LogP contribution in [0.1, 0.15) is 34.0 Å². The lowest BCUT2D eigenvalue weighted by Gasteiger charge is -2.37. The van der Waals surface area contributed by atoms with Gasteiger partial charge in [-0.3, -0.25) is 4.98 Å². The Hall–Kier alpha value is -3.29. The maximum Gasteiger partial charge on any atom is 0.418 e. The van der Waals surface area contributed by atoms with Gasteiger partial charge in [0.05, 0.1) is 22.9 Å². The quantitative estimate of drug-likeness (QED) is 0.425. The molecule has 3 aromatic rings. The number of para-hydroxylation sites is 1. The number of hydrogen-bond donors (Lipinski definition) is 0. The molecule has 0 fully saturated rings. The predicted octanol–water partition coefficient (Wildman–Crippen LogP) is 6.74. The molecule has 160 valence electrons. The molecule has 1 aliphatic heterocycles. The fraction of sp³-hybridized carbons (Fsp3) is 0.174. The molecule has 0 spiro atoms. The van der Waals surface area contributed by atoms with Crippen molar-refractivity contribution in [3.8, 4) is 0 Å². The second kappa shape index (κ2) is 7.76. The smallest absolute Gasteiger partial charge is 0.355 e. The highest BCUT2D eigenvalue weighted by Crippen LogP contribution is 2.42. The molecule has 0 N–H and O–H groups in total. The number of anilines is 1. The van der Waals surface area contributed by atoms with Crippen LogP contribution in [-0.4, -0.2) is 11.5 Å². The highest BCUT2D eigenvalue weighted by atomic mass is 19.4. The summed E-state index contributed by atoms with van der Waals surface area (Å²) in [4.78, 5) is 5.75. The first-order valence-electron chi connectivity index (χ1n) is 9.38. The van der Waals surface area contributed by atoms with E-state index in [4.69, 9.17) is 0 Å². The third-order valence-electron chi connectivity index (χ3n) is 5.11. The average molecular weight is 434 g/mol. The second-order valence-corrected chi connectivity index (χ2v) is 7.07. The van der Waals surface area contributed by atoms with Crippen LogP contribution in [0.25, 0.3) is 6.08 Å². The van der Waals surface area contributed by atoms with Gasteiger partial charge in [-0.1, -0.05) is 42.5 Å². The number of nitrogens with zero attached hydrogens (tertiary/aromatic N) is 2. The lowest BCUT2D eigenvalue weighted by atomic mass is 9.94. The number of hydrogen-bond acceptors (Lipinski definition) is 2. The summed E-state index contributed by atoms with van der Waals surface area (Å²) < 4.78 is 80.5. The van der Waals surface area contributed by atoms with Crippen molar-refractivity contribution in [2.45, 2.75) is 18.4 Å². The highest BCUT2D eigenvalue weighted by molar-refractivity contribution is 5.72. The highest BCUT2D eigenvalue weighted by Gasteiger charge is 2.39. The molecule has 2 aromatic carbocycles. The number of pyridine rings is 1. The molecule has 2 nitrogen and oxygen atoms in total. The van der Waals surface area contributed by atoms with Gasteiger partial charge in [-0.2, -0.15) is 26.3 Å². The lowest BCUT2D eigenvalue weighted by Crippen LogP contribution is -2.34. The number of benzene rings is 2. The summed E-state index contributed by atoms with van der Waals surface area (Å²) in [7, 11) is 0. The molecule has 0 radical (unpaired) electrons. The average Bonchev–Trinajstić information content (AvgIpc) is 2.73. The van der Waals surface area contributed by atoms with Crippen molar-refractivity contribution in [3.63, 3.8) is 0 Å². The first-order chi connectivity index (χ1) is 14.7. The zero-order valence-electron chi connectivity index (χ0n) is 16.0. The summed E-state index contributed by atoms with van der Waals surface area (Å²) in [5, 5.41) is 0. The van der Waals surface area contributed by atoms with Gasteiger partial charge in [-0.25, -0.2) is 0 Å². The largest absolute Gasteiger partial charge is 0.418 e. The van der Waals surface area contributed by atoms with Gasteiger partial charge in [-0.05, 0) is 41.5 Å². The van der Waals surface area contributed by atoms with Crippen molar-refractivity contribution in [2.24, 2.45) is 0 Å². The monoisotopic (exact) mass is 434 g/mol. The summed E-state index contributed by atoms with van der Waals surface area (Å²) in [5.41, 5.74) is -0.302. The Balaban J connectivity index is 1.90. The molecule has 1 aliphatic rings. The molecule has 0 amide bonds. The SMILES string of the molecule is FC(F)(F)c1ccc([C@@H](c2ncccc2C(F)(F)F)N2CC=Cc3ccccc32)cc1. The molecule has 1 atom stereocenters. The Kier molecular flexibility index (Phi) is 5.24. The molecule has 8 heteroatoms. The van der Waals surface area contributed by atoms with E-state index in [1.165, 1.54) is 24.4 Å².